The van der Waals surface area contributed by atoms with Crippen molar-refractivity contribution in [2.75, 3.05) is 0 Å². The SMILES string of the molecule is CCCCC(CCC)N=C(N)NC(C)C. The van der Waals surface area contributed by atoms with Crippen LogP contribution in [0.3, 0.4) is 0 Å². The molecule has 0 bridgehead atoms. The van der Waals surface area contributed by atoms with Crippen molar-refractivity contribution < 1.29 is 0 Å². The van der Waals surface area contributed by atoms with Crippen LogP contribution in [0.4, 0.5) is 0 Å². The molecule has 0 saturated heterocycles. The van der Waals surface area contributed by atoms with Crippen LogP contribution in [0.25, 0.3) is 0 Å². The van der Waals surface area contributed by atoms with Crippen LogP contribution in [0.15, 0.2) is 4.99 Å². The van der Waals surface area contributed by atoms with Crippen molar-refractivity contribution in [1.29, 1.82) is 0 Å². The number of guanidine groups is 1. The molecule has 3 nitrogen and oxygen atoms in total. The molecular weight excluding hydrogens is 186 g/mol. The van der Waals surface area contributed by atoms with E-state index < -0.39 is 0 Å². The Labute approximate surface area is 94.5 Å². The Morgan fingerprint density at radius 3 is 2.33 bits per heavy atom. The normalized spacial score (nSPS) is 14.3. The van der Waals surface area contributed by atoms with Gasteiger partial charge in [-0.05, 0) is 26.7 Å². The maximum atomic E-state index is 5.82. The Kier molecular flexibility index (Phi) is 8.15. The number of nitrogens with two attached hydrogens (primary N) is 1. The molecule has 0 aliphatic rings. The molecule has 0 saturated carbocycles. The third-order valence-corrected chi connectivity index (χ3v) is 2.27. The quantitative estimate of drug-likeness (QED) is 0.504. The fourth-order valence-corrected chi connectivity index (χ4v) is 1.58. The molecular formula is C12H27N3. The van der Waals surface area contributed by atoms with Gasteiger partial charge in [-0.3, -0.25) is 4.99 Å². The molecule has 90 valence electrons. The summed E-state index contributed by atoms with van der Waals surface area (Å²) in [6.45, 7) is 8.55. The summed E-state index contributed by atoms with van der Waals surface area (Å²) in [6.07, 6.45) is 5.94. The molecule has 15 heavy (non-hydrogen) atoms. The highest BCUT2D eigenvalue weighted by molar-refractivity contribution is 5.78. The molecule has 0 radical (unpaired) electrons. The highest BCUT2D eigenvalue weighted by atomic mass is 15.1. The van der Waals surface area contributed by atoms with Gasteiger partial charge >= 0.3 is 0 Å². The molecule has 0 aromatic rings. The van der Waals surface area contributed by atoms with Crippen molar-refractivity contribution in [2.24, 2.45) is 10.7 Å². The van der Waals surface area contributed by atoms with E-state index in [0.717, 1.165) is 12.8 Å². The van der Waals surface area contributed by atoms with Crippen LogP contribution in [0.1, 0.15) is 59.8 Å². The maximum Gasteiger partial charge on any atom is 0.189 e. The van der Waals surface area contributed by atoms with E-state index in [2.05, 4.69) is 38.0 Å². The van der Waals surface area contributed by atoms with Crippen molar-refractivity contribution >= 4 is 5.96 Å². The Morgan fingerprint density at radius 2 is 1.87 bits per heavy atom. The molecule has 0 rings (SSSR count). The van der Waals surface area contributed by atoms with Gasteiger partial charge in [-0.2, -0.15) is 0 Å². The van der Waals surface area contributed by atoms with Crippen molar-refractivity contribution in [3.05, 3.63) is 0 Å². The topological polar surface area (TPSA) is 50.4 Å². The molecule has 0 heterocycles. The number of aliphatic imine (C=N–C) groups is 1. The fourth-order valence-electron chi connectivity index (χ4n) is 1.58. The van der Waals surface area contributed by atoms with Crippen molar-refractivity contribution in [3.8, 4) is 0 Å². The lowest BCUT2D eigenvalue weighted by Gasteiger charge is -2.14. The molecule has 0 aliphatic heterocycles. The third-order valence-electron chi connectivity index (χ3n) is 2.27. The average molecular weight is 213 g/mol. The van der Waals surface area contributed by atoms with E-state index in [1.54, 1.807) is 0 Å². The maximum absolute atomic E-state index is 5.82. The number of nitrogens with zero attached hydrogens (tertiary/aromatic N) is 1. The Hall–Kier alpha value is -0.730. The van der Waals surface area contributed by atoms with Crippen LogP contribution >= 0.6 is 0 Å². The fraction of sp³-hybridized carbons (Fsp3) is 0.917. The van der Waals surface area contributed by atoms with Crippen molar-refractivity contribution in [1.82, 2.24) is 5.32 Å². The minimum atomic E-state index is 0.363. The smallest absolute Gasteiger partial charge is 0.189 e. The van der Waals surface area contributed by atoms with Crippen LogP contribution < -0.4 is 11.1 Å². The molecule has 0 aliphatic carbocycles. The van der Waals surface area contributed by atoms with E-state index in [4.69, 9.17) is 5.73 Å². The van der Waals surface area contributed by atoms with Crippen molar-refractivity contribution in [2.45, 2.75) is 71.9 Å². The minimum Gasteiger partial charge on any atom is -0.370 e. The summed E-state index contributed by atoms with van der Waals surface area (Å²) in [5.74, 6) is 0.597. The Bertz CT molecular complexity index is 176. The zero-order valence-electron chi connectivity index (χ0n) is 10.7. The van der Waals surface area contributed by atoms with E-state index in [1.807, 2.05) is 0 Å². The minimum absolute atomic E-state index is 0.363. The van der Waals surface area contributed by atoms with Gasteiger partial charge in [-0.25, -0.2) is 0 Å². The molecule has 1 atom stereocenters. The summed E-state index contributed by atoms with van der Waals surface area (Å²) in [5, 5.41) is 3.14. The molecule has 0 aromatic carbocycles. The first-order valence-corrected chi connectivity index (χ1v) is 6.19. The molecule has 1 unspecified atom stereocenters. The lowest BCUT2D eigenvalue weighted by Crippen LogP contribution is -2.37. The summed E-state index contributed by atoms with van der Waals surface area (Å²) in [7, 11) is 0. The highest BCUT2D eigenvalue weighted by Crippen LogP contribution is 2.10. The lowest BCUT2D eigenvalue weighted by molar-refractivity contribution is 0.533. The molecule has 0 fully saturated rings. The Morgan fingerprint density at radius 1 is 1.20 bits per heavy atom. The number of hydrogen-bond donors (Lipinski definition) is 2. The van der Waals surface area contributed by atoms with E-state index in [9.17, 15) is 0 Å². The number of unbranched alkanes of at least 4 members (excludes halogenated alkanes) is 1. The van der Waals surface area contributed by atoms with Crippen LogP contribution in [0, 0.1) is 0 Å². The molecule has 0 spiro atoms. The van der Waals surface area contributed by atoms with Gasteiger partial charge in [0, 0.05) is 6.04 Å². The first-order chi connectivity index (χ1) is 7.10. The summed E-state index contributed by atoms with van der Waals surface area (Å²) in [6, 6.07) is 0.767. The second kappa shape index (κ2) is 8.57. The highest BCUT2D eigenvalue weighted by Gasteiger charge is 2.06. The predicted molar refractivity (Wildman–Crippen MR) is 68.1 cm³/mol. The van der Waals surface area contributed by atoms with Gasteiger partial charge in [0.05, 0.1) is 6.04 Å². The molecule has 3 heteroatoms. The summed E-state index contributed by atoms with van der Waals surface area (Å²) in [4.78, 5) is 4.53. The second-order valence-corrected chi connectivity index (χ2v) is 4.40. The first-order valence-electron chi connectivity index (χ1n) is 6.19. The van der Waals surface area contributed by atoms with Gasteiger partial charge in [-0.1, -0.05) is 33.1 Å². The largest absolute Gasteiger partial charge is 0.370 e. The summed E-state index contributed by atoms with van der Waals surface area (Å²) in [5.41, 5.74) is 5.82. The van der Waals surface area contributed by atoms with Gasteiger partial charge in [0.2, 0.25) is 0 Å². The van der Waals surface area contributed by atoms with Crippen LogP contribution in [-0.4, -0.2) is 18.0 Å². The van der Waals surface area contributed by atoms with Crippen LogP contribution in [0.5, 0.6) is 0 Å². The second-order valence-electron chi connectivity index (χ2n) is 4.40. The van der Waals surface area contributed by atoms with Gasteiger partial charge in [0.15, 0.2) is 5.96 Å². The number of hydrogen-bond acceptors (Lipinski definition) is 1. The van der Waals surface area contributed by atoms with Gasteiger partial charge < -0.3 is 11.1 Å². The van der Waals surface area contributed by atoms with Crippen LogP contribution in [0.2, 0.25) is 0 Å². The molecule has 0 aromatic heterocycles. The van der Waals surface area contributed by atoms with Crippen molar-refractivity contribution in [3.63, 3.8) is 0 Å². The lowest BCUT2D eigenvalue weighted by atomic mass is 10.1. The summed E-state index contributed by atoms with van der Waals surface area (Å²) >= 11 is 0. The monoisotopic (exact) mass is 213 g/mol. The van der Waals surface area contributed by atoms with Gasteiger partial charge in [-0.15, -0.1) is 0 Å². The van der Waals surface area contributed by atoms with Gasteiger partial charge in [0.25, 0.3) is 0 Å². The van der Waals surface area contributed by atoms with E-state index >= 15 is 0 Å². The predicted octanol–water partition coefficient (Wildman–Crippen LogP) is 2.66. The van der Waals surface area contributed by atoms with Crippen LogP contribution in [-0.2, 0) is 0 Å². The third kappa shape index (κ3) is 8.28. The van der Waals surface area contributed by atoms with E-state index in [-0.39, 0.29) is 0 Å². The number of nitrogens with one attached hydrogen (secondary N) is 1. The molecule has 3 N–H and O–H groups in total. The standard InChI is InChI=1S/C12H27N3/c1-5-7-9-11(8-6-2)15-12(13)14-10(3)4/h10-11H,5-9H2,1-4H3,(H3,13,14,15). The molecule has 0 amide bonds. The Balaban J connectivity index is 4.10. The van der Waals surface area contributed by atoms with E-state index in [1.165, 1.54) is 19.3 Å². The average Bonchev–Trinajstić information content (AvgIpc) is 2.13. The summed E-state index contributed by atoms with van der Waals surface area (Å²) < 4.78 is 0. The zero-order chi connectivity index (χ0) is 11.7. The zero-order valence-corrected chi connectivity index (χ0v) is 10.7. The number of rotatable bonds is 7. The van der Waals surface area contributed by atoms with E-state index in [0.29, 0.717) is 18.0 Å². The van der Waals surface area contributed by atoms with Gasteiger partial charge in [0.1, 0.15) is 0 Å². The first kappa shape index (κ1) is 14.3.